The van der Waals surface area contributed by atoms with E-state index in [0.29, 0.717) is 0 Å². The lowest BCUT2D eigenvalue weighted by atomic mass is 10.0. The summed E-state index contributed by atoms with van der Waals surface area (Å²) in [6, 6.07) is 8.08. The van der Waals surface area contributed by atoms with Gasteiger partial charge in [0.05, 0.1) is 6.42 Å². The number of carboxylic acids is 1. The first-order chi connectivity index (χ1) is 13.7. The molecule has 1 rings (SSSR count). The van der Waals surface area contributed by atoms with Crippen LogP contribution >= 0.6 is 0 Å². The fraction of sp³-hybridized carbons (Fsp3) is 0.731. The van der Waals surface area contributed by atoms with Crippen molar-refractivity contribution in [2.45, 2.75) is 122 Å². The highest BCUT2D eigenvalue weighted by molar-refractivity contribution is 5.70. The SMILES string of the molecule is CCCCCCCCCCCCCCCCCCc1ccc(CC(=O)O)cc1. The summed E-state index contributed by atoms with van der Waals surface area (Å²) in [4.78, 5) is 10.7. The van der Waals surface area contributed by atoms with E-state index < -0.39 is 5.97 Å². The van der Waals surface area contributed by atoms with Crippen LogP contribution in [-0.2, 0) is 17.6 Å². The third-order valence-corrected chi connectivity index (χ3v) is 5.70. The van der Waals surface area contributed by atoms with Gasteiger partial charge in [0.15, 0.2) is 0 Å². The topological polar surface area (TPSA) is 37.3 Å². The molecule has 1 aromatic carbocycles. The van der Waals surface area contributed by atoms with Crippen LogP contribution in [-0.4, -0.2) is 11.1 Å². The van der Waals surface area contributed by atoms with Crippen LogP contribution in [0.25, 0.3) is 0 Å². The molecule has 0 unspecified atom stereocenters. The molecular weight excluding hydrogens is 344 g/mol. The summed E-state index contributed by atoms with van der Waals surface area (Å²) in [5.74, 6) is -0.759. The average molecular weight is 389 g/mol. The fourth-order valence-corrected chi connectivity index (χ4v) is 3.88. The van der Waals surface area contributed by atoms with Crippen LogP contribution in [0.3, 0.4) is 0 Å². The number of carbonyl (C=O) groups is 1. The Morgan fingerprint density at radius 1 is 0.607 bits per heavy atom. The number of carboxylic acid groups (broad SMARTS) is 1. The number of hydrogen-bond donors (Lipinski definition) is 1. The minimum Gasteiger partial charge on any atom is -0.481 e. The lowest BCUT2D eigenvalue weighted by Crippen LogP contribution is -1.99. The third kappa shape index (κ3) is 14.7. The van der Waals surface area contributed by atoms with Crippen molar-refractivity contribution in [1.29, 1.82) is 0 Å². The number of benzene rings is 1. The Morgan fingerprint density at radius 3 is 1.36 bits per heavy atom. The van der Waals surface area contributed by atoms with Gasteiger partial charge in [0.25, 0.3) is 0 Å². The summed E-state index contributed by atoms with van der Waals surface area (Å²) in [5, 5.41) is 8.80. The summed E-state index contributed by atoms with van der Waals surface area (Å²) in [7, 11) is 0. The van der Waals surface area contributed by atoms with Crippen LogP contribution < -0.4 is 0 Å². The van der Waals surface area contributed by atoms with Gasteiger partial charge in [-0.1, -0.05) is 128 Å². The van der Waals surface area contributed by atoms with Crippen LogP contribution in [0.2, 0.25) is 0 Å². The molecule has 0 heterocycles. The van der Waals surface area contributed by atoms with E-state index in [2.05, 4.69) is 19.1 Å². The number of aryl methyl sites for hydroxylation is 1. The van der Waals surface area contributed by atoms with E-state index in [-0.39, 0.29) is 6.42 Å². The van der Waals surface area contributed by atoms with Crippen molar-refractivity contribution in [3.63, 3.8) is 0 Å². The molecule has 0 bridgehead atoms. The zero-order valence-electron chi connectivity index (χ0n) is 18.4. The van der Waals surface area contributed by atoms with Crippen LogP contribution in [0.4, 0.5) is 0 Å². The fourth-order valence-electron chi connectivity index (χ4n) is 3.88. The molecule has 0 aliphatic heterocycles. The van der Waals surface area contributed by atoms with Crippen molar-refractivity contribution >= 4 is 5.97 Å². The van der Waals surface area contributed by atoms with Crippen molar-refractivity contribution in [1.82, 2.24) is 0 Å². The molecule has 0 saturated carbocycles. The summed E-state index contributed by atoms with van der Waals surface area (Å²) in [6.45, 7) is 2.28. The molecule has 0 saturated heterocycles. The minimum atomic E-state index is -0.759. The molecule has 0 radical (unpaired) electrons. The number of rotatable bonds is 19. The van der Waals surface area contributed by atoms with E-state index >= 15 is 0 Å². The zero-order chi connectivity index (χ0) is 20.3. The molecule has 2 heteroatoms. The first-order valence-corrected chi connectivity index (χ1v) is 12.0. The van der Waals surface area contributed by atoms with E-state index in [9.17, 15) is 4.79 Å². The Hall–Kier alpha value is -1.31. The van der Waals surface area contributed by atoms with E-state index in [1.54, 1.807) is 0 Å². The van der Waals surface area contributed by atoms with E-state index in [4.69, 9.17) is 5.11 Å². The molecule has 0 fully saturated rings. The second-order valence-electron chi connectivity index (χ2n) is 8.44. The highest BCUT2D eigenvalue weighted by Crippen LogP contribution is 2.15. The van der Waals surface area contributed by atoms with Gasteiger partial charge in [0.2, 0.25) is 0 Å². The monoisotopic (exact) mass is 388 g/mol. The molecule has 0 aromatic heterocycles. The van der Waals surface area contributed by atoms with Gasteiger partial charge in [0, 0.05) is 0 Å². The maximum atomic E-state index is 10.7. The standard InChI is InChI=1S/C26H44O2/c1-2-3-4-5-6-7-8-9-10-11-12-13-14-15-16-17-18-24-19-21-25(22-20-24)23-26(27)28/h19-22H,2-18,23H2,1H3,(H,27,28). The molecule has 1 N–H and O–H groups in total. The Kier molecular flexibility index (Phi) is 15.7. The molecule has 0 aliphatic carbocycles. The number of aliphatic carboxylic acids is 1. The predicted octanol–water partition coefficient (Wildman–Crippen LogP) is 8.12. The maximum Gasteiger partial charge on any atom is 0.307 e. The van der Waals surface area contributed by atoms with Crippen molar-refractivity contribution < 1.29 is 9.90 Å². The number of unbranched alkanes of at least 4 members (excludes halogenated alkanes) is 15. The second kappa shape index (κ2) is 17.8. The normalized spacial score (nSPS) is 11.0. The lowest BCUT2D eigenvalue weighted by Gasteiger charge is -2.05. The Bertz CT molecular complexity index is 478. The minimum absolute atomic E-state index is 0.124. The molecule has 0 amide bonds. The van der Waals surface area contributed by atoms with Gasteiger partial charge < -0.3 is 5.11 Å². The van der Waals surface area contributed by atoms with Crippen molar-refractivity contribution in [2.24, 2.45) is 0 Å². The van der Waals surface area contributed by atoms with Crippen LogP contribution in [0.15, 0.2) is 24.3 Å². The quantitative estimate of drug-likeness (QED) is 0.243. The summed E-state index contributed by atoms with van der Waals surface area (Å²) >= 11 is 0. The average Bonchev–Trinajstić information content (AvgIpc) is 2.68. The largest absolute Gasteiger partial charge is 0.481 e. The predicted molar refractivity (Wildman–Crippen MR) is 121 cm³/mol. The summed E-state index contributed by atoms with van der Waals surface area (Å²) in [6.07, 6.45) is 23.7. The van der Waals surface area contributed by atoms with Crippen LogP contribution in [0, 0.1) is 0 Å². The molecule has 28 heavy (non-hydrogen) atoms. The van der Waals surface area contributed by atoms with Crippen molar-refractivity contribution in [3.8, 4) is 0 Å². The van der Waals surface area contributed by atoms with Crippen LogP contribution in [0.1, 0.15) is 121 Å². The molecule has 0 spiro atoms. The van der Waals surface area contributed by atoms with Gasteiger partial charge >= 0.3 is 5.97 Å². The highest BCUT2D eigenvalue weighted by atomic mass is 16.4. The molecule has 0 atom stereocenters. The van der Waals surface area contributed by atoms with Gasteiger partial charge in [0.1, 0.15) is 0 Å². The summed E-state index contributed by atoms with van der Waals surface area (Å²) < 4.78 is 0. The lowest BCUT2D eigenvalue weighted by molar-refractivity contribution is -0.136. The first-order valence-electron chi connectivity index (χ1n) is 12.0. The van der Waals surface area contributed by atoms with E-state index in [1.807, 2.05) is 12.1 Å². The third-order valence-electron chi connectivity index (χ3n) is 5.70. The second-order valence-corrected chi connectivity index (χ2v) is 8.44. The molecule has 0 aliphatic rings. The van der Waals surface area contributed by atoms with E-state index in [1.165, 1.54) is 108 Å². The summed E-state index contributed by atoms with van der Waals surface area (Å²) in [5.41, 5.74) is 2.22. The molecule has 160 valence electrons. The van der Waals surface area contributed by atoms with Crippen molar-refractivity contribution in [2.75, 3.05) is 0 Å². The van der Waals surface area contributed by atoms with E-state index in [0.717, 1.165) is 12.0 Å². The van der Waals surface area contributed by atoms with Gasteiger partial charge in [-0.25, -0.2) is 0 Å². The molecule has 2 nitrogen and oxygen atoms in total. The molecule has 1 aromatic rings. The van der Waals surface area contributed by atoms with Gasteiger partial charge in [-0.15, -0.1) is 0 Å². The smallest absolute Gasteiger partial charge is 0.307 e. The maximum absolute atomic E-state index is 10.7. The Labute approximate surface area is 174 Å². The Morgan fingerprint density at radius 2 is 0.964 bits per heavy atom. The number of hydrogen-bond acceptors (Lipinski definition) is 1. The van der Waals surface area contributed by atoms with Gasteiger partial charge in [-0.3, -0.25) is 4.79 Å². The van der Waals surface area contributed by atoms with Crippen molar-refractivity contribution in [3.05, 3.63) is 35.4 Å². The van der Waals surface area contributed by atoms with Crippen LogP contribution in [0.5, 0.6) is 0 Å². The first kappa shape index (κ1) is 24.7. The zero-order valence-corrected chi connectivity index (χ0v) is 18.4. The van der Waals surface area contributed by atoms with Gasteiger partial charge in [-0.2, -0.15) is 0 Å². The highest BCUT2D eigenvalue weighted by Gasteiger charge is 2.00. The molecular formula is C26H44O2. The Balaban J connectivity index is 1.82. The van der Waals surface area contributed by atoms with Gasteiger partial charge in [-0.05, 0) is 24.0 Å².